The number of piperazine rings is 1. The van der Waals surface area contributed by atoms with Gasteiger partial charge in [-0.1, -0.05) is 0 Å². The highest BCUT2D eigenvalue weighted by Gasteiger charge is 2.34. The summed E-state index contributed by atoms with van der Waals surface area (Å²) < 4.78 is 43.3. The predicted octanol–water partition coefficient (Wildman–Crippen LogP) is 2.55. The summed E-state index contributed by atoms with van der Waals surface area (Å²) >= 11 is 0. The van der Waals surface area contributed by atoms with Crippen molar-refractivity contribution in [3.05, 3.63) is 18.0 Å². The molecule has 6 nitrogen and oxygen atoms in total. The molecule has 1 aromatic heterocycles. The second kappa shape index (κ2) is 6.21. The van der Waals surface area contributed by atoms with Crippen molar-refractivity contribution in [1.82, 2.24) is 14.9 Å². The van der Waals surface area contributed by atoms with E-state index in [1.807, 2.05) is 0 Å². The van der Waals surface area contributed by atoms with E-state index in [1.54, 1.807) is 25.7 Å². The number of carbonyl (C=O) groups excluding carboxylic acids is 1. The van der Waals surface area contributed by atoms with Crippen molar-refractivity contribution in [2.24, 2.45) is 0 Å². The molecule has 1 amide bonds. The number of anilines is 1. The Balaban J connectivity index is 1.98. The van der Waals surface area contributed by atoms with Crippen molar-refractivity contribution in [3.8, 4) is 0 Å². The summed E-state index contributed by atoms with van der Waals surface area (Å²) in [6.45, 7) is 6.71. The van der Waals surface area contributed by atoms with E-state index in [-0.39, 0.29) is 5.95 Å². The molecule has 0 atom stereocenters. The Bertz CT molecular complexity index is 564. The topological polar surface area (TPSA) is 58.6 Å². The third-order valence-corrected chi connectivity index (χ3v) is 3.15. The monoisotopic (exact) mass is 332 g/mol. The summed E-state index contributed by atoms with van der Waals surface area (Å²) in [4.78, 5) is 22.5. The molecular weight excluding hydrogens is 313 g/mol. The summed E-state index contributed by atoms with van der Waals surface area (Å²) in [5, 5.41) is 0. The first-order chi connectivity index (χ1) is 10.6. The van der Waals surface area contributed by atoms with Gasteiger partial charge in [0, 0.05) is 32.4 Å². The number of alkyl halides is 3. The first-order valence-electron chi connectivity index (χ1n) is 7.19. The Morgan fingerprint density at radius 1 is 1.17 bits per heavy atom. The molecule has 0 radical (unpaired) electrons. The van der Waals surface area contributed by atoms with E-state index in [1.165, 1.54) is 4.90 Å². The van der Waals surface area contributed by atoms with Crippen LogP contribution in [0.1, 0.15) is 26.5 Å². The zero-order valence-corrected chi connectivity index (χ0v) is 13.2. The molecule has 23 heavy (non-hydrogen) atoms. The maximum atomic E-state index is 12.7. The van der Waals surface area contributed by atoms with Crippen LogP contribution >= 0.6 is 0 Å². The number of aromatic nitrogens is 2. The molecule has 0 aliphatic carbocycles. The van der Waals surface area contributed by atoms with E-state index in [0.717, 1.165) is 12.3 Å². The van der Waals surface area contributed by atoms with E-state index in [4.69, 9.17) is 4.74 Å². The average molecular weight is 332 g/mol. The van der Waals surface area contributed by atoms with Crippen LogP contribution < -0.4 is 4.90 Å². The maximum absolute atomic E-state index is 12.7. The van der Waals surface area contributed by atoms with E-state index < -0.39 is 23.6 Å². The fourth-order valence-corrected chi connectivity index (χ4v) is 2.07. The van der Waals surface area contributed by atoms with Crippen LogP contribution in [0.5, 0.6) is 0 Å². The van der Waals surface area contributed by atoms with Gasteiger partial charge in [0.15, 0.2) is 0 Å². The number of halogens is 3. The zero-order chi connectivity index (χ0) is 17.3. The smallest absolute Gasteiger partial charge is 0.433 e. The van der Waals surface area contributed by atoms with Gasteiger partial charge in [-0.3, -0.25) is 0 Å². The number of carbonyl (C=O) groups is 1. The first-order valence-corrected chi connectivity index (χ1v) is 7.19. The highest BCUT2D eigenvalue weighted by Crippen LogP contribution is 2.28. The normalized spacial score (nSPS) is 16.4. The van der Waals surface area contributed by atoms with Crippen molar-refractivity contribution in [2.75, 3.05) is 31.1 Å². The zero-order valence-electron chi connectivity index (χ0n) is 13.2. The van der Waals surface area contributed by atoms with Crippen molar-refractivity contribution in [2.45, 2.75) is 32.5 Å². The third-order valence-electron chi connectivity index (χ3n) is 3.15. The molecule has 0 saturated carbocycles. The van der Waals surface area contributed by atoms with Gasteiger partial charge in [-0.05, 0) is 26.8 Å². The van der Waals surface area contributed by atoms with Gasteiger partial charge in [0.2, 0.25) is 5.95 Å². The van der Waals surface area contributed by atoms with Gasteiger partial charge in [0.1, 0.15) is 11.3 Å². The lowest BCUT2D eigenvalue weighted by molar-refractivity contribution is -0.141. The number of nitrogens with zero attached hydrogens (tertiary/aromatic N) is 4. The molecule has 0 bridgehead atoms. The van der Waals surface area contributed by atoms with Crippen LogP contribution in [0.2, 0.25) is 0 Å². The lowest BCUT2D eigenvalue weighted by Gasteiger charge is -2.35. The molecule has 1 aromatic rings. The molecule has 1 aliphatic heterocycles. The minimum absolute atomic E-state index is 0.0173. The van der Waals surface area contributed by atoms with Crippen LogP contribution in [0.4, 0.5) is 23.9 Å². The Kier molecular flexibility index (Phi) is 4.67. The molecule has 1 aliphatic rings. The van der Waals surface area contributed by atoms with E-state index in [0.29, 0.717) is 26.2 Å². The van der Waals surface area contributed by atoms with Crippen LogP contribution in [-0.2, 0) is 10.9 Å². The SMILES string of the molecule is CC(C)(C)OC(=O)N1CCN(c2nccc(C(F)(F)F)n2)CC1. The molecule has 1 fully saturated rings. The van der Waals surface area contributed by atoms with Gasteiger partial charge in [0.05, 0.1) is 0 Å². The lowest BCUT2D eigenvalue weighted by Crippen LogP contribution is -2.50. The number of hydrogen-bond acceptors (Lipinski definition) is 5. The Morgan fingerprint density at radius 2 is 1.78 bits per heavy atom. The number of amides is 1. The second-order valence-corrected chi connectivity index (χ2v) is 6.19. The van der Waals surface area contributed by atoms with Gasteiger partial charge in [-0.25, -0.2) is 14.8 Å². The fraction of sp³-hybridized carbons (Fsp3) is 0.643. The van der Waals surface area contributed by atoms with Crippen LogP contribution in [0, 0.1) is 0 Å². The highest BCUT2D eigenvalue weighted by atomic mass is 19.4. The minimum atomic E-state index is -4.50. The van der Waals surface area contributed by atoms with Crippen molar-refractivity contribution in [3.63, 3.8) is 0 Å². The lowest BCUT2D eigenvalue weighted by atomic mass is 10.2. The molecule has 9 heteroatoms. The van der Waals surface area contributed by atoms with Gasteiger partial charge < -0.3 is 14.5 Å². The van der Waals surface area contributed by atoms with E-state index >= 15 is 0 Å². The molecule has 0 unspecified atom stereocenters. The van der Waals surface area contributed by atoms with Crippen LogP contribution in [0.3, 0.4) is 0 Å². The minimum Gasteiger partial charge on any atom is -0.444 e. The first kappa shape index (κ1) is 17.3. The van der Waals surface area contributed by atoms with Gasteiger partial charge in [0.25, 0.3) is 0 Å². The largest absolute Gasteiger partial charge is 0.444 e. The molecule has 1 saturated heterocycles. The van der Waals surface area contributed by atoms with Crippen LogP contribution in [-0.4, -0.2) is 52.7 Å². The van der Waals surface area contributed by atoms with Gasteiger partial charge in [-0.2, -0.15) is 13.2 Å². The summed E-state index contributed by atoms with van der Waals surface area (Å²) in [6, 6.07) is 0.834. The fourth-order valence-electron chi connectivity index (χ4n) is 2.07. The van der Waals surface area contributed by atoms with Crippen LogP contribution in [0.15, 0.2) is 12.3 Å². The summed E-state index contributed by atoms with van der Waals surface area (Å²) in [7, 11) is 0. The third kappa shape index (κ3) is 4.70. The Hall–Kier alpha value is -2.06. The number of rotatable bonds is 1. The van der Waals surface area contributed by atoms with E-state index in [9.17, 15) is 18.0 Å². The van der Waals surface area contributed by atoms with E-state index in [2.05, 4.69) is 9.97 Å². The number of ether oxygens (including phenoxy) is 1. The quantitative estimate of drug-likeness (QED) is 0.791. The van der Waals surface area contributed by atoms with Crippen molar-refractivity contribution in [1.29, 1.82) is 0 Å². The van der Waals surface area contributed by atoms with Crippen molar-refractivity contribution < 1.29 is 22.7 Å². The second-order valence-electron chi connectivity index (χ2n) is 6.19. The predicted molar refractivity (Wildman–Crippen MR) is 77.1 cm³/mol. The highest BCUT2D eigenvalue weighted by molar-refractivity contribution is 5.68. The summed E-state index contributed by atoms with van der Waals surface area (Å²) in [6.07, 6.45) is -3.84. The molecule has 128 valence electrons. The number of hydrogen-bond donors (Lipinski definition) is 0. The molecule has 2 rings (SSSR count). The molecule has 2 heterocycles. The molecule has 0 aromatic carbocycles. The average Bonchev–Trinajstić information content (AvgIpc) is 2.45. The molecular formula is C14H19F3N4O2. The van der Waals surface area contributed by atoms with Gasteiger partial charge >= 0.3 is 12.3 Å². The molecule has 0 spiro atoms. The maximum Gasteiger partial charge on any atom is 0.433 e. The Labute approximate surface area is 132 Å². The van der Waals surface area contributed by atoms with Crippen molar-refractivity contribution >= 4 is 12.0 Å². The summed E-state index contributed by atoms with van der Waals surface area (Å²) in [5.41, 5.74) is -1.56. The van der Waals surface area contributed by atoms with Gasteiger partial charge in [-0.15, -0.1) is 0 Å². The Morgan fingerprint density at radius 3 is 2.30 bits per heavy atom. The molecule has 0 N–H and O–H groups in total. The summed E-state index contributed by atoms with van der Waals surface area (Å²) in [5.74, 6) is 0.0173. The van der Waals surface area contributed by atoms with Crippen LogP contribution in [0.25, 0.3) is 0 Å². The standard InChI is InChI=1S/C14H19F3N4O2/c1-13(2,3)23-12(22)21-8-6-20(7-9-21)11-18-5-4-10(19-11)14(15,16)17/h4-5H,6-9H2,1-3H3.